The Kier molecular flexibility index (Phi) is 2.96. The van der Waals surface area contributed by atoms with Crippen molar-refractivity contribution < 1.29 is 29.0 Å². The summed E-state index contributed by atoms with van der Waals surface area (Å²) in [7, 11) is 0. The molecule has 2 aromatic rings. The first-order chi connectivity index (χ1) is 11.5. The van der Waals surface area contributed by atoms with Crippen LogP contribution < -0.4 is 0 Å². The number of benzene rings is 2. The lowest BCUT2D eigenvalue weighted by Crippen LogP contribution is -2.55. The number of esters is 2. The standard InChI is InChI=1S/C18H12O6/c19-15(20)14-12-7-3-4-8-13(12)17(22)24-18(14)9-10-5-1-2-6-11(10)16(21)23-18/h1-8,14H,9H2,(H,19,20)/t14-,18-/m1/s1. The van der Waals surface area contributed by atoms with Gasteiger partial charge in [0.25, 0.3) is 5.79 Å². The topological polar surface area (TPSA) is 89.9 Å². The van der Waals surface area contributed by atoms with Gasteiger partial charge in [-0.2, -0.15) is 0 Å². The summed E-state index contributed by atoms with van der Waals surface area (Å²) in [6.07, 6.45) is -0.00798. The minimum Gasteiger partial charge on any atom is -0.481 e. The van der Waals surface area contributed by atoms with Crippen molar-refractivity contribution in [2.75, 3.05) is 0 Å². The van der Waals surface area contributed by atoms with E-state index < -0.39 is 29.6 Å². The highest BCUT2D eigenvalue weighted by molar-refractivity contribution is 5.98. The lowest BCUT2D eigenvalue weighted by Gasteiger charge is -2.43. The number of ether oxygens (including phenoxy) is 2. The van der Waals surface area contributed by atoms with E-state index in [2.05, 4.69) is 0 Å². The van der Waals surface area contributed by atoms with Gasteiger partial charge in [-0.3, -0.25) is 4.79 Å². The molecule has 120 valence electrons. The molecule has 2 atom stereocenters. The van der Waals surface area contributed by atoms with E-state index in [-0.39, 0.29) is 17.5 Å². The number of hydrogen-bond acceptors (Lipinski definition) is 5. The van der Waals surface area contributed by atoms with Crippen LogP contribution in [-0.4, -0.2) is 28.8 Å². The molecule has 1 N–H and O–H groups in total. The van der Waals surface area contributed by atoms with Crippen molar-refractivity contribution in [3.8, 4) is 0 Å². The molecule has 0 saturated heterocycles. The van der Waals surface area contributed by atoms with Gasteiger partial charge in [0.2, 0.25) is 0 Å². The Labute approximate surface area is 136 Å². The zero-order valence-electron chi connectivity index (χ0n) is 12.4. The molecular weight excluding hydrogens is 312 g/mol. The lowest BCUT2D eigenvalue weighted by atomic mass is 9.80. The van der Waals surface area contributed by atoms with E-state index in [4.69, 9.17) is 9.47 Å². The van der Waals surface area contributed by atoms with Crippen molar-refractivity contribution >= 4 is 17.9 Å². The van der Waals surface area contributed by atoms with E-state index in [1.165, 1.54) is 6.07 Å². The molecule has 4 rings (SSSR count). The minimum absolute atomic E-state index is 0.00798. The summed E-state index contributed by atoms with van der Waals surface area (Å²) < 4.78 is 10.8. The smallest absolute Gasteiger partial charge is 0.341 e. The van der Waals surface area contributed by atoms with Gasteiger partial charge in [0.05, 0.1) is 17.5 Å². The van der Waals surface area contributed by atoms with Gasteiger partial charge in [-0.15, -0.1) is 0 Å². The van der Waals surface area contributed by atoms with Crippen LogP contribution in [0.4, 0.5) is 0 Å². The van der Waals surface area contributed by atoms with Crippen molar-refractivity contribution in [2.24, 2.45) is 0 Å². The summed E-state index contributed by atoms with van der Waals surface area (Å²) in [5.41, 5.74) is 1.40. The first-order valence-electron chi connectivity index (χ1n) is 7.38. The van der Waals surface area contributed by atoms with Crippen molar-refractivity contribution in [3.05, 3.63) is 70.8 Å². The second kappa shape index (κ2) is 4.92. The number of rotatable bonds is 1. The van der Waals surface area contributed by atoms with Gasteiger partial charge < -0.3 is 14.6 Å². The van der Waals surface area contributed by atoms with Crippen LogP contribution in [0, 0.1) is 0 Å². The second-order valence-electron chi connectivity index (χ2n) is 5.78. The van der Waals surface area contributed by atoms with Crippen molar-refractivity contribution in [3.63, 3.8) is 0 Å². The average molecular weight is 324 g/mol. The van der Waals surface area contributed by atoms with Crippen LogP contribution >= 0.6 is 0 Å². The molecule has 6 nitrogen and oxygen atoms in total. The van der Waals surface area contributed by atoms with Gasteiger partial charge in [-0.25, -0.2) is 9.59 Å². The van der Waals surface area contributed by atoms with Crippen LogP contribution in [0.2, 0.25) is 0 Å². The Morgan fingerprint density at radius 1 is 0.958 bits per heavy atom. The van der Waals surface area contributed by atoms with Crippen molar-refractivity contribution in [2.45, 2.75) is 18.1 Å². The Balaban J connectivity index is 1.91. The summed E-state index contributed by atoms with van der Waals surface area (Å²) >= 11 is 0. The maximum absolute atomic E-state index is 12.3. The number of aliphatic carboxylic acids is 1. The van der Waals surface area contributed by atoms with E-state index in [1.54, 1.807) is 42.5 Å². The first kappa shape index (κ1) is 14.4. The molecule has 6 heteroatoms. The lowest BCUT2D eigenvalue weighted by molar-refractivity contribution is -0.201. The molecule has 0 aromatic heterocycles. The molecule has 1 spiro atoms. The number of carbonyl (C=O) groups excluding carboxylic acids is 2. The van der Waals surface area contributed by atoms with Crippen LogP contribution in [0.15, 0.2) is 48.5 Å². The van der Waals surface area contributed by atoms with Gasteiger partial charge in [-0.1, -0.05) is 36.4 Å². The quantitative estimate of drug-likeness (QED) is 0.808. The number of carboxylic acid groups (broad SMARTS) is 1. The van der Waals surface area contributed by atoms with Crippen LogP contribution in [0.3, 0.4) is 0 Å². The van der Waals surface area contributed by atoms with Crippen LogP contribution in [-0.2, 0) is 20.7 Å². The van der Waals surface area contributed by atoms with E-state index >= 15 is 0 Å². The minimum atomic E-state index is -1.87. The van der Waals surface area contributed by atoms with Gasteiger partial charge in [0.15, 0.2) is 5.92 Å². The SMILES string of the molecule is O=C1O[C@]2(Cc3ccccc31)OC(=O)c1ccccc1[C@@H]2C(=O)O. The third kappa shape index (κ3) is 1.93. The Morgan fingerprint density at radius 3 is 2.25 bits per heavy atom. The predicted octanol–water partition coefficient (Wildman–Crippen LogP) is 2.13. The highest BCUT2D eigenvalue weighted by atomic mass is 16.7. The normalized spacial score (nSPS) is 24.6. The van der Waals surface area contributed by atoms with E-state index in [0.717, 1.165) is 0 Å². The number of hydrogen-bond donors (Lipinski definition) is 1. The van der Waals surface area contributed by atoms with Crippen molar-refractivity contribution in [1.29, 1.82) is 0 Å². The van der Waals surface area contributed by atoms with Crippen LogP contribution in [0.1, 0.15) is 37.8 Å². The van der Waals surface area contributed by atoms with Gasteiger partial charge in [0.1, 0.15) is 0 Å². The summed E-state index contributed by atoms with van der Waals surface area (Å²) in [6, 6.07) is 13.0. The molecule has 2 aromatic carbocycles. The fourth-order valence-corrected chi connectivity index (χ4v) is 3.37. The summed E-state index contributed by atoms with van der Waals surface area (Å²) in [5.74, 6) is -5.78. The molecule has 2 aliphatic rings. The molecule has 0 aliphatic carbocycles. The van der Waals surface area contributed by atoms with E-state index in [0.29, 0.717) is 11.1 Å². The van der Waals surface area contributed by atoms with Gasteiger partial charge in [0, 0.05) is 0 Å². The molecule has 24 heavy (non-hydrogen) atoms. The zero-order chi connectivity index (χ0) is 16.9. The third-order valence-corrected chi connectivity index (χ3v) is 4.38. The fraction of sp³-hybridized carbons (Fsp3) is 0.167. The summed E-state index contributed by atoms with van der Waals surface area (Å²) in [4.78, 5) is 36.6. The molecule has 0 unspecified atom stereocenters. The number of carboxylic acids is 1. The Bertz CT molecular complexity index is 883. The van der Waals surface area contributed by atoms with Gasteiger partial charge >= 0.3 is 17.9 Å². The molecular formula is C18H12O6. The van der Waals surface area contributed by atoms with Crippen LogP contribution in [0.25, 0.3) is 0 Å². The molecule has 0 amide bonds. The summed E-state index contributed by atoms with van der Waals surface area (Å²) in [5, 5.41) is 9.74. The first-order valence-corrected chi connectivity index (χ1v) is 7.38. The molecule has 0 fully saturated rings. The maximum atomic E-state index is 12.3. The average Bonchev–Trinajstić information content (AvgIpc) is 2.54. The Hall–Kier alpha value is -3.15. The highest BCUT2D eigenvalue weighted by Gasteiger charge is 2.57. The van der Waals surface area contributed by atoms with Gasteiger partial charge in [-0.05, 0) is 23.3 Å². The maximum Gasteiger partial charge on any atom is 0.341 e. The molecule has 0 saturated carbocycles. The zero-order valence-corrected chi connectivity index (χ0v) is 12.4. The molecule has 0 bridgehead atoms. The summed E-state index contributed by atoms with van der Waals surface area (Å²) in [6.45, 7) is 0. The number of carbonyl (C=O) groups is 3. The monoisotopic (exact) mass is 324 g/mol. The Morgan fingerprint density at radius 2 is 1.54 bits per heavy atom. The third-order valence-electron chi connectivity index (χ3n) is 4.38. The predicted molar refractivity (Wildman–Crippen MR) is 80.5 cm³/mol. The van der Waals surface area contributed by atoms with Crippen LogP contribution in [0.5, 0.6) is 0 Å². The van der Waals surface area contributed by atoms with Crippen molar-refractivity contribution in [1.82, 2.24) is 0 Å². The molecule has 2 aliphatic heterocycles. The molecule has 2 heterocycles. The number of fused-ring (bicyclic) bond motifs is 2. The largest absolute Gasteiger partial charge is 0.481 e. The molecule has 0 radical (unpaired) electrons. The fourth-order valence-electron chi connectivity index (χ4n) is 3.37. The highest BCUT2D eigenvalue weighted by Crippen LogP contribution is 2.45. The second-order valence-corrected chi connectivity index (χ2v) is 5.78. The van der Waals surface area contributed by atoms with E-state index in [9.17, 15) is 19.5 Å². The van der Waals surface area contributed by atoms with E-state index in [1.807, 2.05) is 0 Å².